The van der Waals surface area contributed by atoms with Crippen LogP contribution in [0.4, 0.5) is 8.78 Å². The van der Waals surface area contributed by atoms with Gasteiger partial charge in [-0.3, -0.25) is 0 Å². The van der Waals surface area contributed by atoms with Gasteiger partial charge < -0.3 is 10.4 Å². The number of hydrogen-bond acceptors (Lipinski definition) is 2. The first kappa shape index (κ1) is 11.1. The van der Waals surface area contributed by atoms with Crippen molar-refractivity contribution in [2.24, 2.45) is 0 Å². The smallest absolute Gasteiger partial charge is 0.131 e. The Morgan fingerprint density at radius 3 is 2.36 bits per heavy atom. The molecule has 2 N–H and O–H groups in total. The van der Waals surface area contributed by atoms with Crippen molar-refractivity contribution < 1.29 is 13.9 Å². The molecule has 0 saturated heterocycles. The molecule has 1 aromatic carbocycles. The summed E-state index contributed by atoms with van der Waals surface area (Å²) in [7, 11) is 0. The Balaban J connectivity index is 3.02. The molecule has 0 aliphatic carbocycles. The molecule has 0 saturated carbocycles. The van der Waals surface area contributed by atoms with E-state index in [1.165, 1.54) is 18.2 Å². The van der Waals surface area contributed by atoms with E-state index in [1.54, 1.807) is 6.92 Å². The molecule has 0 radical (unpaired) electrons. The second kappa shape index (κ2) is 5.02. The average molecular weight is 201 g/mol. The summed E-state index contributed by atoms with van der Waals surface area (Å²) >= 11 is 0. The van der Waals surface area contributed by atoms with Crippen molar-refractivity contribution >= 4 is 0 Å². The average Bonchev–Trinajstić information content (AvgIpc) is 2.16. The molecule has 0 amide bonds. The highest BCUT2D eigenvalue weighted by Gasteiger charge is 2.17. The molecule has 0 spiro atoms. The minimum absolute atomic E-state index is 0.100. The van der Waals surface area contributed by atoms with Gasteiger partial charge in [0, 0.05) is 5.56 Å². The highest BCUT2D eigenvalue weighted by atomic mass is 19.1. The van der Waals surface area contributed by atoms with E-state index in [9.17, 15) is 8.78 Å². The maximum absolute atomic E-state index is 13.2. The summed E-state index contributed by atoms with van der Waals surface area (Å²) in [6.45, 7) is 2.02. The first-order chi connectivity index (χ1) is 6.70. The van der Waals surface area contributed by atoms with Crippen LogP contribution >= 0.6 is 0 Å². The van der Waals surface area contributed by atoms with Crippen molar-refractivity contribution in [3.63, 3.8) is 0 Å². The Labute approximate surface area is 81.6 Å². The van der Waals surface area contributed by atoms with Crippen LogP contribution in [-0.4, -0.2) is 18.3 Å². The van der Waals surface area contributed by atoms with Crippen LogP contribution in [-0.2, 0) is 0 Å². The third-order valence-electron chi connectivity index (χ3n) is 1.98. The van der Waals surface area contributed by atoms with E-state index in [0.717, 1.165) is 0 Å². The van der Waals surface area contributed by atoms with Gasteiger partial charge in [0.25, 0.3) is 0 Å². The summed E-state index contributed by atoms with van der Waals surface area (Å²) in [5.41, 5.74) is -0.100. The first-order valence-electron chi connectivity index (χ1n) is 4.48. The number of hydrogen-bond donors (Lipinski definition) is 2. The standard InChI is InChI=1S/C10H13F2NO/c1-2-13-9(6-14)10-7(11)4-3-5-8(10)12/h3-5,9,13-14H,2,6H2,1H3. The number of likely N-dealkylation sites (N-methyl/N-ethyl adjacent to an activating group) is 1. The topological polar surface area (TPSA) is 32.3 Å². The van der Waals surface area contributed by atoms with E-state index in [1.807, 2.05) is 0 Å². The summed E-state index contributed by atoms with van der Waals surface area (Å²) in [4.78, 5) is 0. The molecule has 1 unspecified atom stereocenters. The van der Waals surface area contributed by atoms with Crippen LogP contribution in [0.25, 0.3) is 0 Å². The zero-order valence-electron chi connectivity index (χ0n) is 7.93. The highest BCUT2D eigenvalue weighted by Crippen LogP contribution is 2.19. The van der Waals surface area contributed by atoms with Gasteiger partial charge in [0.2, 0.25) is 0 Å². The summed E-state index contributed by atoms with van der Waals surface area (Å²) in [6, 6.07) is 2.98. The third kappa shape index (κ3) is 2.27. The summed E-state index contributed by atoms with van der Waals surface area (Å²) in [5.74, 6) is -1.27. The Kier molecular flexibility index (Phi) is 3.98. The van der Waals surface area contributed by atoms with Crippen LogP contribution in [0.1, 0.15) is 18.5 Å². The number of aliphatic hydroxyl groups excluding tert-OH is 1. The van der Waals surface area contributed by atoms with Crippen molar-refractivity contribution in [3.05, 3.63) is 35.4 Å². The second-order valence-corrected chi connectivity index (χ2v) is 2.93. The molecule has 4 heteroatoms. The Morgan fingerprint density at radius 1 is 1.36 bits per heavy atom. The maximum Gasteiger partial charge on any atom is 0.131 e. The molecule has 14 heavy (non-hydrogen) atoms. The molecule has 1 aromatic rings. The number of nitrogens with one attached hydrogen (secondary N) is 1. The van der Waals surface area contributed by atoms with Gasteiger partial charge in [-0.15, -0.1) is 0 Å². The summed E-state index contributed by atoms with van der Waals surface area (Å²) in [6.07, 6.45) is 0. The highest BCUT2D eigenvalue weighted by molar-refractivity contribution is 5.23. The second-order valence-electron chi connectivity index (χ2n) is 2.93. The van der Waals surface area contributed by atoms with Gasteiger partial charge in [0.1, 0.15) is 11.6 Å². The monoisotopic (exact) mass is 201 g/mol. The van der Waals surface area contributed by atoms with Crippen molar-refractivity contribution in [2.45, 2.75) is 13.0 Å². The van der Waals surface area contributed by atoms with Crippen molar-refractivity contribution in [1.82, 2.24) is 5.32 Å². The molecule has 2 nitrogen and oxygen atoms in total. The maximum atomic E-state index is 13.2. The van der Waals surface area contributed by atoms with E-state index >= 15 is 0 Å². The van der Waals surface area contributed by atoms with Crippen LogP contribution in [0.15, 0.2) is 18.2 Å². The zero-order chi connectivity index (χ0) is 10.6. The zero-order valence-corrected chi connectivity index (χ0v) is 7.93. The molecule has 0 aliphatic heterocycles. The SMILES string of the molecule is CCNC(CO)c1c(F)cccc1F. The van der Waals surface area contributed by atoms with Crippen LogP contribution in [0.3, 0.4) is 0 Å². The fourth-order valence-electron chi connectivity index (χ4n) is 1.35. The van der Waals surface area contributed by atoms with Gasteiger partial charge in [-0.05, 0) is 18.7 Å². The normalized spacial score (nSPS) is 12.9. The lowest BCUT2D eigenvalue weighted by atomic mass is 10.1. The van der Waals surface area contributed by atoms with E-state index in [0.29, 0.717) is 6.54 Å². The van der Waals surface area contributed by atoms with E-state index in [2.05, 4.69) is 5.32 Å². The molecule has 78 valence electrons. The van der Waals surface area contributed by atoms with E-state index in [-0.39, 0.29) is 12.2 Å². The lowest BCUT2D eigenvalue weighted by Crippen LogP contribution is -2.26. The molecular weight excluding hydrogens is 188 g/mol. The van der Waals surface area contributed by atoms with Crippen molar-refractivity contribution in [1.29, 1.82) is 0 Å². The molecule has 0 bridgehead atoms. The Bertz CT molecular complexity index is 284. The third-order valence-corrected chi connectivity index (χ3v) is 1.98. The fourth-order valence-corrected chi connectivity index (χ4v) is 1.35. The lowest BCUT2D eigenvalue weighted by Gasteiger charge is -2.16. The number of rotatable bonds is 4. The van der Waals surface area contributed by atoms with Crippen LogP contribution in [0.5, 0.6) is 0 Å². The minimum atomic E-state index is -0.679. The van der Waals surface area contributed by atoms with E-state index in [4.69, 9.17) is 5.11 Å². The van der Waals surface area contributed by atoms with Crippen molar-refractivity contribution in [3.8, 4) is 0 Å². The molecule has 0 heterocycles. The Hall–Kier alpha value is -1.00. The van der Waals surface area contributed by atoms with Gasteiger partial charge in [-0.25, -0.2) is 8.78 Å². The fraction of sp³-hybridized carbons (Fsp3) is 0.400. The molecule has 0 fully saturated rings. The molecule has 0 aliphatic rings. The predicted octanol–water partition coefficient (Wildman–Crippen LogP) is 1.61. The quantitative estimate of drug-likeness (QED) is 0.775. The number of aliphatic hydroxyl groups is 1. The minimum Gasteiger partial charge on any atom is -0.394 e. The molecule has 1 atom stereocenters. The van der Waals surface area contributed by atoms with E-state index < -0.39 is 17.7 Å². The van der Waals surface area contributed by atoms with Gasteiger partial charge in [0.05, 0.1) is 12.6 Å². The van der Waals surface area contributed by atoms with Gasteiger partial charge in [0.15, 0.2) is 0 Å². The van der Waals surface area contributed by atoms with Crippen LogP contribution in [0, 0.1) is 11.6 Å². The van der Waals surface area contributed by atoms with Gasteiger partial charge in [-0.1, -0.05) is 13.0 Å². The van der Waals surface area contributed by atoms with Gasteiger partial charge >= 0.3 is 0 Å². The molecular formula is C10H13F2NO. The molecule has 1 rings (SSSR count). The predicted molar refractivity (Wildman–Crippen MR) is 49.9 cm³/mol. The largest absolute Gasteiger partial charge is 0.394 e. The molecule has 0 aromatic heterocycles. The Morgan fingerprint density at radius 2 is 1.93 bits per heavy atom. The number of halogens is 2. The van der Waals surface area contributed by atoms with Crippen LogP contribution < -0.4 is 5.32 Å². The van der Waals surface area contributed by atoms with Gasteiger partial charge in [-0.2, -0.15) is 0 Å². The lowest BCUT2D eigenvalue weighted by molar-refractivity contribution is 0.240. The van der Waals surface area contributed by atoms with Crippen molar-refractivity contribution in [2.75, 3.05) is 13.2 Å². The number of benzene rings is 1. The van der Waals surface area contributed by atoms with Crippen LogP contribution in [0.2, 0.25) is 0 Å². The first-order valence-corrected chi connectivity index (χ1v) is 4.48. The summed E-state index contributed by atoms with van der Waals surface area (Å²) in [5, 5.41) is 11.8. The summed E-state index contributed by atoms with van der Waals surface area (Å²) < 4.78 is 26.4.